The van der Waals surface area contributed by atoms with Gasteiger partial charge in [-0.15, -0.1) is 0 Å². The highest BCUT2D eigenvalue weighted by Gasteiger charge is 2.38. The molecule has 0 aliphatic carbocycles. The lowest BCUT2D eigenvalue weighted by atomic mass is 10.1. The van der Waals surface area contributed by atoms with Crippen molar-refractivity contribution in [2.45, 2.75) is 26.1 Å². The summed E-state index contributed by atoms with van der Waals surface area (Å²) in [5.41, 5.74) is 4.23. The number of esters is 1. The van der Waals surface area contributed by atoms with Gasteiger partial charge >= 0.3 is 18.1 Å². The van der Waals surface area contributed by atoms with Crippen molar-refractivity contribution in [1.29, 1.82) is 0 Å². The summed E-state index contributed by atoms with van der Waals surface area (Å²) >= 11 is 0. The molecule has 6 nitrogen and oxygen atoms in total. The van der Waals surface area contributed by atoms with Crippen LogP contribution in [0.15, 0.2) is 24.3 Å². The molecule has 4 N–H and O–H groups in total. The smallest absolute Gasteiger partial charge is 0.475 e. The number of halogens is 3. The summed E-state index contributed by atoms with van der Waals surface area (Å²) in [6.45, 7) is 4.12. The average molecular weight is 322 g/mol. The predicted molar refractivity (Wildman–Crippen MR) is 71.8 cm³/mol. The monoisotopic (exact) mass is 322 g/mol. The SMILES string of the molecule is CCOC(=O)c1ccc(C(C)NN)cc1.O=C(O)C(F)(F)F. The van der Waals surface area contributed by atoms with Gasteiger partial charge in [0.25, 0.3) is 0 Å². The van der Waals surface area contributed by atoms with Crippen molar-refractivity contribution < 1.29 is 32.6 Å². The Kier molecular flexibility index (Phi) is 8.13. The summed E-state index contributed by atoms with van der Waals surface area (Å²) in [4.78, 5) is 20.2. The quantitative estimate of drug-likeness (QED) is 0.445. The van der Waals surface area contributed by atoms with Crippen molar-refractivity contribution in [3.63, 3.8) is 0 Å². The molecule has 9 heteroatoms. The first kappa shape index (κ1) is 19.9. The zero-order chi connectivity index (χ0) is 17.3. The molecule has 0 radical (unpaired) electrons. The number of rotatable bonds is 4. The molecular formula is C13H17F3N2O4. The van der Waals surface area contributed by atoms with E-state index in [9.17, 15) is 18.0 Å². The Balaban J connectivity index is 0.000000534. The fourth-order valence-corrected chi connectivity index (χ4v) is 1.22. The van der Waals surface area contributed by atoms with Crippen molar-refractivity contribution in [2.24, 2.45) is 5.84 Å². The van der Waals surface area contributed by atoms with Crippen LogP contribution < -0.4 is 11.3 Å². The lowest BCUT2D eigenvalue weighted by molar-refractivity contribution is -0.192. The van der Waals surface area contributed by atoms with Crippen LogP contribution in [-0.2, 0) is 9.53 Å². The second-order valence-corrected chi connectivity index (χ2v) is 4.03. The van der Waals surface area contributed by atoms with Crippen LogP contribution in [0.25, 0.3) is 0 Å². The first-order valence-electron chi connectivity index (χ1n) is 6.16. The van der Waals surface area contributed by atoms with Gasteiger partial charge in [-0.3, -0.25) is 11.3 Å². The van der Waals surface area contributed by atoms with Crippen LogP contribution >= 0.6 is 0 Å². The zero-order valence-electron chi connectivity index (χ0n) is 12.0. The number of carbonyl (C=O) groups is 2. The van der Waals surface area contributed by atoms with Crippen LogP contribution in [0.5, 0.6) is 0 Å². The van der Waals surface area contributed by atoms with E-state index in [1.165, 1.54) is 0 Å². The number of alkyl halides is 3. The van der Waals surface area contributed by atoms with E-state index >= 15 is 0 Å². The standard InChI is InChI=1S/C11H16N2O2.C2HF3O2/c1-3-15-11(14)10-6-4-9(5-7-10)8(2)13-12;3-2(4,5)1(6)7/h4-8,13H,3,12H2,1-2H3;(H,6,7). The molecule has 0 fully saturated rings. The normalized spacial score (nSPS) is 11.9. The summed E-state index contributed by atoms with van der Waals surface area (Å²) in [5.74, 6) is 2.26. The van der Waals surface area contributed by atoms with Gasteiger partial charge in [0.15, 0.2) is 0 Å². The van der Waals surface area contributed by atoms with Gasteiger partial charge in [-0.25, -0.2) is 9.59 Å². The molecule has 0 heterocycles. The Morgan fingerprint density at radius 3 is 2.09 bits per heavy atom. The molecule has 1 aromatic carbocycles. The maximum atomic E-state index is 11.3. The number of aliphatic carboxylic acids is 1. The number of hydrazine groups is 1. The lowest BCUT2D eigenvalue weighted by Crippen LogP contribution is -2.25. The van der Waals surface area contributed by atoms with Crippen molar-refractivity contribution in [2.75, 3.05) is 6.61 Å². The minimum absolute atomic E-state index is 0.0706. The van der Waals surface area contributed by atoms with Crippen molar-refractivity contribution in [1.82, 2.24) is 5.43 Å². The Morgan fingerprint density at radius 1 is 1.32 bits per heavy atom. The second kappa shape index (κ2) is 9.00. The fraction of sp³-hybridized carbons (Fsp3) is 0.385. The van der Waals surface area contributed by atoms with Gasteiger partial charge < -0.3 is 9.84 Å². The van der Waals surface area contributed by atoms with Crippen LogP contribution in [0, 0.1) is 0 Å². The number of nitrogens with one attached hydrogen (secondary N) is 1. The third-order valence-electron chi connectivity index (χ3n) is 2.41. The molecule has 0 aliphatic rings. The van der Waals surface area contributed by atoms with Gasteiger partial charge in [0, 0.05) is 6.04 Å². The van der Waals surface area contributed by atoms with E-state index in [0.29, 0.717) is 12.2 Å². The molecule has 0 saturated heterocycles. The molecule has 124 valence electrons. The van der Waals surface area contributed by atoms with E-state index in [1.54, 1.807) is 19.1 Å². The Hall–Kier alpha value is -2.13. The van der Waals surface area contributed by atoms with Gasteiger partial charge in [0.2, 0.25) is 0 Å². The van der Waals surface area contributed by atoms with Crippen molar-refractivity contribution in [3.05, 3.63) is 35.4 Å². The second-order valence-electron chi connectivity index (χ2n) is 4.03. The molecule has 22 heavy (non-hydrogen) atoms. The fourth-order valence-electron chi connectivity index (χ4n) is 1.22. The van der Waals surface area contributed by atoms with Gasteiger partial charge in [-0.1, -0.05) is 12.1 Å². The molecule has 1 rings (SSSR count). The number of benzene rings is 1. The maximum Gasteiger partial charge on any atom is 0.490 e. The zero-order valence-corrected chi connectivity index (χ0v) is 12.0. The van der Waals surface area contributed by atoms with E-state index in [-0.39, 0.29) is 12.0 Å². The number of carboxylic acids is 1. The molecule has 0 spiro atoms. The number of carboxylic acid groups (broad SMARTS) is 1. The Bertz CT molecular complexity index is 489. The summed E-state index contributed by atoms with van der Waals surface area (Å²) in [5, 5.41) is 7.12. The highest BCUT2D eigenvalue weighted by Crippen LogP contribution is 2.13. The summed E-state index contributed by atoms with van der Waals surface area (Å²) in [6.07, 6.45) is -5.08. The van der Waals surface area contributed by atoms with Gasteiger partial charge in [0.05, 0.1) is 12.2 Å². The molecular weight excluding hydrogens is 305 g/mol. The highest BCUT2D eigenvalue weighted by atomic mass is 19.4. The maximum absolute atomic E-state index is 11.3. The number of hydrogen-bond acceptors (Lipinski definition) is 5. The number of hydrogen-bond donors (Lipinski definition) is 3. The topological polar surface area (TPSA) is 102 Å². The first-order valence-corrected chi connectivity index (χ1v) is 6.16. The van der Waals surface area contributed by atoms with Crippen LogP contribution in [0.2, 0.25) is 0 Å². The molecule has 1 atom stereocenters. The van der Waals surface area contributed by atoms with E-state index in [4.69, 9.17) is 20.5 Å². The largest absolute Gasteiger partial charge is 0.490 e. The van der Waals surface area contributed by atoms with Crippen LogP contribution in [0.3, 0.4) is 0 Å². The minimum Gasteiger partial charge on any atom is -0.475 e. The summed E-state index contributed by atoms with van der Waals surface area (Å²) in [7, 11) is 0. The lowest BCUT2D eigenvalue weighted by Gasteiger charge is -2.10. The van der Waals surface area contributed by atoms with Gasteiger partial charge in [0.1, 0.15) is 0 Å². The number of ether oxygens (including phenoxy) is 1. The minimum atomic E-state index is -5.08. The van der Waals surface area contributed by atoms with Gasteiger partial charge in [-0.2, -0.15) is 13.2 Å². The third-order valence-corrected chi connectivity index (χ3v) is 2.41. The summed E-state index contributed by atoms with van der Waals surface area (Å²) < 4.78 is 36.6. The van der Waals surface area contributed by atoms with E-state index < -0.39 is 12.1 Å². The number of carbonyl (C=O) groups excluding carboxylic acids is 1. The van der Waals surface area contributed by atoms with E-state index in [2.05, 4.69) is 5.43 Å². The Labute approximate surface area is 125 Å². The Morgan fingerprint density at radius 2 is 1.77 bits per heavy atom. The van der Waals surface area contributed by atoms with E-state index in [0.717, 1.165) is 5.56 Å². The third kappa shape index (κ3) is 7.04. The molecule has 0 bridgehead atoms. The van der Waals surface area contributed by atoms with Gasteiger partial charge in [-0.05, 0) is 31.5 Å². The molecule has 1 unspecified atom stereocenters. The van der Waals surface area contributed by atoms with Crippen LogP contribution in [0.4, 0.5) is 13.2 Å². The highest BCUT2D eigenvalue weighted by molar-refractivity contribution is 5.89. The van der Waals surface area contributed by atoms with E-state index in [1.807, 2.05) is 19.1 Å². The molecule has 1 aromatic rings. The van der Waals surface area contributed by atoms with Crippen molar-refractivity contribution >= 4 is 11.9 Å². The molecule has 0 saturated carbocycles. The molecule has 0 aliphatic heterocycles. The van der Waals surface area contributed by atoms with Crippen LogP contribution in [-0.4, -0.2) is 29.8 Å². The summed E-state index contributed by atoms with van der Waals surface area (Å²) in [6, 6.07) is 7.26. The average Bonchev–Trinajstić information content (AvgIpc) is 2.46. The number of nitrogens with two attached hydrogens (primary N) is 1. The molecule has 0 aromatic heterocycles. The van der Waals surface area contributed by atoms with Crippen molar-refractivity contribution in [3.8, 4) is 0 Å². The molecule has 0 amide bonds. The van der Waals surface area contributed by atoms with Crippen LogP contribution in [0.1, 0.15) is 35.8 Å². The predicted octanol–water partition coefficient (Wildman–Crippen LogP) is 2.02. The first-order chi connectivity index (χ1) is 10.1.